The van der Waals surface area contributed by atoms with Crippen molar-refractivity contribution in [2.45, 2.75) is 0 Å². The number of hydrogen-bond acceptors (Lipinski definition) is 3. The Hall–Kier alpha value is -2.03. The Kier molecular flexibility index (Phi) is 4.86. The molecule has 0 aliphatic rings. The van der Waals surface area contributed by atoms with Crippen molar-refractivity contribution < 1.29 is 14.3 Å². The lowest BCUT2D eigenvalue weighted by molar-refractivity contribution is -0.104. The standard InChI is InChI=1S/C13H14O3/c1-15-12-8-7-11(13(10-12)16-2)6-4-3-5-9-14/h3-10H,1-2H3. The van der Waals surface area contributed by atoms with Gasteiger partial charge in [-0.05, 0) is 18.2 Å². The molecule has 0 amide bonds. The summed E-state index contributed by atoms with van der Waals surface area (Å²) in [6, 6.07) is 5.55. The fraction of sp³-hybridized carbons (Fsp3) is 0.154. The molecule has 0 atom stereocenters. The first kappa shape index (κ1) is 12.0. The summed E-state index contributed by atoms with van der Waals surface area (Å²) >= 11 is 0. The lowest BCUT2D eigenvalue weighted by Gasteiger charge is -2.06. The minimum absolute atomic E-state index is 0.732. The summed E-state index contributed by atoms with van der Waals surface area (Å²) in [4.78, 5) is 10.1. The number of aldehydes is 1. The number of carbonyl (C=O) groups is 1. The molecule has 0 radical (unpaired) electrons. The zero-order valence-corrected chi connectivity index (χ0v) is 9.34. The lowest BCUT2D eigenvalue weighted by Crippen LogP contribution is -1.89. The van der Waals surface area contributed by atoms with Gasteiger partial charge < -0.3 is 9.47 Å². The smallest absolute Gasteiger partial charge is 0.142 e. The molecule has 0 aliphatic carbocycles. The minimum atomic E-state index is 0.732. The van der Waals surface area contributed by atoms with E-state index in [9.17, 15) is 4.79 Å². The molecule has 84 valence electrons. The van der Waals surface area contributed by atoms with Crippen LogP contribution in [0.5, 0.6) is 11.5 Å². The number of carbonyl (C=O) groups excluding carboxylic acids is 1. The van der Waals surface area contributed by atoms with E-state index >= 15 is 0 Å². The van der Waals surface area contributed by atoms with E-state index < -0.39 is 0 Å². The summed E-state index contributed by atoms with van der Waals surface area (Å²) in [5.41, 5.74) is 0.929. The van der Waals surface area contributed by atoms with Crippen LogP contribution >= 0.6 is 0 Å². The van der Waals surface area contributed by atoms with Crippen LogP contribution in [0.15, 0.2) is 36.4 Å². The molecule has 16 heavy (non-hydrogen) atoms. The lowest BCUT2D eigenvalue weighted by atomic mass is 10.1. The predicted octanol–water partition coefficient (Wildman–Crippen LogP) is 2.47. The van der Waals surface area contributed by atoms with Crippen molar-refractivity contribution in [2.75, 3.05) is 14.2 Å². The Balaban J connectivity index is 2.91. The molecule has 0 unspecified atom stereocenters. The Labute approximate surface area is 95.0 Å². The first-order valence-electron chi connectivity index (χ1n) is 4.82. The molecular formula is C13H14O3. The van der Waals surface area contributed by atoms with E-state index in [4.69, 9.17) is 9.47 Å². The summed E-state index contributed by atoms with van der Waals surface area (Å²) in [5.74, 6) is 1.48. The third-order valence-corrected chi connectivity index (χ3v) is 2.02. The number of rotatable bonds is 5. The van der Waals surface area contributed by atoms with E-state index in [1.807, 2.05) is 24.3 Å². The average Bonchev–Trinajstić information content (AvgIpc) is 2.34. The highest BCUT2D eigenvalue weighted by Gasteiger charge is 2.00. The van der Waals surface area contributed by atoms with Gasteiger partial charge >= 0.3 is 0 Å². The second-order valence-corrected chi connectivity index (χ2v) is 2.99. The van der Waals surface area contributed by atoms with E-state index in [-0.39, 0.29) is 0 Å². The van der Waals surface area contributed by atoms with Crippen LogP contribution < -0.4 is 9.47 Å². The van der Waals surface area contributed by atoms with Gasteiger partial charge in [0, 0.05) is 11.6 Å². The SMILES string of the molecule is COc1ccc(C=CC=CC=O)c(OC)c1. The van der Waals surface area contributed by atoms with Crippen molar-refractivity contribution in [3.63, 3.8) is 0 Å². The van der Waals surface area contributed by atoms with Gasteiger partial charge in [0.05, 0.1) is 14.2 Å². The third kappa shape index (κ3) is 3.28. The highest BCUT2D eigenvalue weighted by atomic mass is 16.5. The average molecular weight is 218 g/mol. The van der Waals surface area contributed by atoms with Crippen LogP contribution in [0.25, 0.3) is 6.08 Å². The first-order valence-corrected chi connectivity index (χ1v) is 4.82. The van der Waals surface area contributed by atoms with Crippen molar-refractivity contribution in [3.05, 3.63) is 42.0 Å². The van der Waals surface area contributed by atoms with Gasteiger partial charge in [0.15, 0.2) is 0 Å². The maximum Gasteiger partial charge on any atom is 0.142 e. The zero-order valence-electron chi connectivity index (χ0n) is 9.34. The largest absolute Gasteiger partial charge is 0.497 e. The monoisotopic (exact) mass is 218 g/mol. The van der Waals surface area contributed by atoms with Crippen LogP contribution in [0, 0.1) is 0 Å². The van der Waals surface area contributed by atoms with E-state index in [0.717, 1.165) is 23.3 Å². The van der Waals surface area contributed by atoms with Crippen LogP contribution in [0.2, 0.25) is 0 Å². The van der Waals surface area contributed by atoms with E-state index in [0.29, 0.717) is 0 Å². The molecule has 3 nitrogen and oxygen atoms in total. The van der Waals surface area contributed by atoms with Crippen molar-refractivity contribution in [2.24, 2.45) is 0 Å². The van der Waals surface area contributed by atoms with E-state index in [2.05, 4.69) is 0 Å². The Bertz CT molecular complexity index is 406. The summed E-state index contributed by atoms with van der Waals surface area (Å²) < 4.78 is 10.3. The van der Waals surface area contributed by atoms with Gasteiger partial charge in [-0.2, -0.15) is 0 Å². The molecule has 0 fully saturated rings. The molecule has 0 saturated carbocycles. The summed E-state index contributed by atoms with van der Waals surface area (Å²) in [5, 5.41) is 0. The summed E-state index contributed by atoms with van der Waals surface area (Å²) in [6.07, 6.45) is 7.45. The molecule has 0 saturated heterocycles. The maximum atomic E-state index is 10.1. The predicted molar refractivity (Wildman–Crippen MR) is 63.8 cm³/mol. The topological polar surface area (TPSA) is 35.5 Å². The number of allylic oxidation sites excluding steroid dienone is 3. The Morgan fingerprint density at radius 3 is 2.50 bits per heavy atom. The number of hydrogen-bond donors (Lipinski definition) is 0. The van der Waals surface area contributed by atoms with Crippen molar-refractivity contribution in [1.82, 2.24) is 0 Å². The molecule has 1 rings (SSSR count). The highest BCUT2D eigenvalue weighted by molar-refractivity contribution is 5.67. The molecule has 0 aromatic heterocycles. The van der Waals surface area contributed by atoms with Crippen LogP contribution in [0.1, 0.15) is 5.56 Å². The molecule has 0 aliphatic heterocycles. The van der Waals surface area contributed by atoms with Gasteiger partial charge in [-0.25, -0.2) is 0 Å². The van der Waals surface area contributed by atoms with Crippen LogP contribution in [-0.2, 0) is 4.79 Å². The Morgan fingerprint density at radius 2 is 1.88 bits per heavy atom. The van der Waals surface area contributed by atoms with Crippen LogP contribution in [0.4, 0.5) is 0 Å². The number of ether oxygens (including phenoxy) is 2. The van der Waals surface area contributed by atoms with E-state index in [1.165, 1.54) is 6.08 Å². The van der Waals surface area contributed by atoms with Gasteiger partial charge in [-0.3, -0.25) is 4.79 Å². The second kappa shape index (κ2) is 6.45. The molecule has 0 heterocycles. The van der Waals surface area contributed by atoms with Gasteiger partial charge in [-0.1, -0.05) is 18.2 Å². The third-order valence-electron chi connectivity index (χ3n) is 2.02. The minimum Gasteiger partial charge on any atom is -0.497 e. The van der Waals surface area contributed by atoms with Gasteiger partial charge in [0.1, 0.15) is 17.8 Å². The first-order chi connectivity index (χ1) is 7.81. The normalized spacial score (nSPS) is 10.9. The maximum absolute atomic E-state index is 10.1. The van der Waals surface area contributed by atoms with Crippen molar-refractivity contribution in [3.8, 4) is 11.5 Å². The molecule has 1 aromatic rings. The molecular weight excluding hydrogens is 204 g/mol. The zero-order chi connectivity index (χ0) is 11.8. The second-order valence-electron chi connectivity index (χ2n) is 2.99. The molecule has 1 aromatic carbocycles. The quantitative estimate of drug-likeness (QED) is 0.432. The van der Waals surface area contributed by atoms with Crippen LogP contribution in [-0.4, -0.2) is 20.5 Å². The summed E-state index contributed by atoms with van der Waals surface area (Å²) in [7, 11) is 3.21. The number of methoxy groups -OCH3 is 2. The Morgan fingerprint density at radius 1 is 1.06 bits per heavy atom. The fourth-order valence-corrected chi connectivity index (χ4v) is 1.22. The fourth-order valence-electron chi connectivity index (χ4n) is 1.22. The number of benzene rings is 1. The molecule has 0 spiro atoms. The molecule has 3 heteroatoms. The van der Waals surface area contributed by atoms with Crippen molar-refractivity contribution >= 4 is 12.4 Å². The molecule has 0 N–H and O–H groups in total. The van der Waals surface area contributed by atoms with Gasteiger partial charge in [-0.15, -0.1) is 0 Å². The molecule has 0 bridgehead atoms. The summed E-state index contributed by atoms with van der Waals surface area (Å²) in [6.45, 7) is 0. The van der Waals surface area contributed by atoms with Crippen molar-refractivity contribution in [1.29, 1.82) is 0 Å². The van der Waals surface area contributed by atoms with Gasteiger partial charge in [0.2, 0.25) is 0 Å². The highest BCUT2D eigenvalue weighted by Crippen LogP contribution is 2.25. The van der Waals surface area contributed by atoms with Gasteiger partial charge in [0.25, 0.3) is 0 Å². The van der Waals surface area contributed by atoms with Crippen LogP contribution in [0.3, 0.4) is 0 Å². The van der Waals surface area contributed by atoms with E-state index in [1.54, 1.807) is 26.4 Å².